The van der Waals surface area contributed by atoms with E-state index in [0.717, 1.165) is 11.3 Å². The Hall–Kier alpha value is -1.11. The van der Waals surface area contributed by atoms with Crippen molar-refractivity contribution in [1.82, 2.24) is 9.55 Å². The van der Waals surface area contributed by atoms with Gasteiger partial charge in [0.05, 0.1) is 22.4 Å². The molecule has 1 aromatic carbocycles. The summed E-state index contributed by atoms with van der Waals surface area (Å²) in [6.45, 7) is 0. The van der Waals surface area contributed by atoms with Crippen molar-refractivity contribution in [2.75, 3.05) is 7.11 Å². The van der Waals surface area contributed by atoms with Gasteiger partial charge in [0.25, 0.3) is 5.56 Å². The minimum atomic E-state index is -0.0319. The molecule has 0 saturated heterocycles. The van der Waals surface area contributed by atoms with Crippen LogP contribution in [0.5, 0.6) is 5.75 Å². The van der Waals surface area contributed by atoms with Crippen molar-refractivity contribution >= 4 is 33.5 Å². The summed E-state index contributed by atoms with van der Waals surface area (Å²) in [7, 11) is 3.32. The smallest absolute Gasteiger partial charge is 0.261 e. The zero-order chi connectivity index (χ0) is 11.7. The number of alkyl halides is 1. The first-order valence-corrected chi connectivity index (χ1v) is 6.29. The minimum Gasteiger partial charge on any atom is -0.497 e. The van der Waals surface area contributed by atoms with Crippen LogP contribution >= 0.6 is 22.6 Å². The van der Waals surface area contributed by atoms with Crippen molar-refractivity contribution in [3.05, 3.63) is 34.4 Å². The van der Waals surface area contributed by atoms with Crippen molar-refractivity contribution in [2.24, 2.45) is 7.05 Å². The average molecular weight is 330 g/mol. The fourth-order valence-electron chi connectivity index (χ4n) is 1.54. The number of halogens is 1. The van der Waals surface area contributed by atoms with Gasteiger partial charge in [-0.15, -0.1) is 0 Å². The molecule has 0 N–H and O–H groups in total. The first-order chi connectivity index (χ1) is 7.67. The van der Waals surface area contributed by atoms with Gasteiger partial charge in [0.2, 0.25) is 0 Å². The van der Waals surface area contributed by atoms with Gasteiger partial charge in [0, 0.05) is 7.05 Å². The van der Waals surface area contributed by atoms with Gasteiger partial charge in [-0.05, 0) is 18.2 Å². The van der Waals surface area contributed by atoms with Gasteiger partial charge in [-0.25, -0.2) is 4.98 Å². The average Bonchev–Trinajstić information content (AvgIpc) is 2.33. The van der Waals surface area contributed by atoms with Gasteiger partial charge in [-0.3, -0.25) is 9.36 Å². The van der Waals surface area contributed by atoms with Crippen LogP contribution in [0.1, 0.15) is 5.82 Å². The molecular weight excluding hydrogens is 319 g/mol. The first kappa shape index (κ1) is 11.4. The van der Waals surface area contributed by atoms with E-state index in [1.807, 2.05) is 12.1 Å². The number of rotatable bonds is 2. The van der Waals surface area contributed by atoms with Crippen molar-refractivity contribution in [3.8, 4) is 5.75 Å². The Balaban J connectivity index is 2.82. The summed E-state index contributed by atoms with van der Waals surface area (Å²) < 4.78 is 7.39. The van der Waals surface area contributed by atoms with Crippen LogP contribution in [-0.4, -0.2) is 16.7 Å². The van der Waals surface area contributed by atoms with Crippen LogP contribution in [0.25, 0.3) is 10.9 Å². The Morgan fingerprint density at radius 3 is 2.88 bits per heavy atom. The van der Waals surface area contributed by atoms with E-state index in [9.17, 15) is 4.79 Å². The van der Waals surface area contributed by atoms with Crippen LogP contribution in [0.4, 0.5) is 0 Å². The topological polar surface area (TPSA) is 44.1 Å². The number of benzene rings is 1. The number of fused-ring (bicyclic) bond motifs is 1. The molecule has 0 saturated carbocycles. The molecule has 16 heavy (non-hydrogen) atoms. The molecule has 84 valence electrons. The van der Waals surface area contributed by atoms with E-state index in [1.165, 1.54) is 0 Å². The summed E-state index contributed by atoms with van der Waals surface area (Å²) >= 11 is 2.20. The number of hydrogen-bond donors (Lipinski definition) is 0. The summed E-state index contributed by atoms with van der Waals surface area (Å²) in [6.07, 6.45) is 0. The maximum atomic E-state index is 12.0. The second-order valence-electron chi connectivity index (χ2n) is 3.41. The number of hydrogen-bond acceptors (Lipinski definition) is 3. The molecule has 0 amide bonds. The minimum absolute atomic E-state index is 0.0319. The van der Waals surface area contributed by atoms with Crippen molar-refractivity contribution in [2.45, 2.75) is 4.43 Å². The highest BCUT2D eigenvalue weighted by Gasteiger charge is 2.07. The summed E-state index contributed by atoms with van der Waals surface area (Å²) in [5.74, 6) is 1.46. The van der Waals surface area contributed by atoms with Crippen LogP contribution in [0, 0.1) is 0 Å². The Morgan fingerprint density at radius 2 is 2.25 bits per heavy atom. The molecule has 0 unspecified atom stereocenters. The van der Waals surface area contributed by atoms with Gasteiger partial charge in [-0.1, -0.05) is 22.6 Å². The summed E-state index contributed by atoms with van der Waals surface area (Å²) in [5, 5.41) is 0.593. The van der Waals surface area contributed by atoms with E-state index in [-0.39, 0.29) is 5.56 Å². The molecule has 0 bridgehead atoms. The van der Waals surface area contributed by atoms with E-state index in [2.05, 4.69) is 27.6 Å². The lowest BCUT2D eigenvalue weighted by atomic mass is 10.2. The van der Waals surface area contributed by atoms with Crippen molar-refractivity contribution in [3.63, 3.8) is 0 Å². The molecular formula is C11H11IN2O2. The monoisotopic (exact) mass is 330 g/mol. The third-order valence-corrected chi connectivity index (χ3v) is 3.18. The maximum Gasteiger partial charge on any atom is 0.261 e. The highest BCUT2D eigenvalue weighted by Crippen LogP contribution is 2.17. The Kier molecular flexibility index (Phi) is 3.13. The summed E-state index contributed by atoms with van der Waals surface area (Å²) in [6, 6.07) is 5.35. The van der Waals surface area contributed by atoms with Crippen molar-refractivity contribution < 1.29 is 4.74 Å². The van der Waals surface area contributed by atoms with E-state index < -0.39 is 0 Å². The lowest BCUT2D eigenvalue weighted by Gasteiger charge is -2.07. The van der Waals surface area contributed by atoms with E-state index >= 15 is 0 Å². The van der Waals surface area contributed by atoms with Crippen LogP contribution in [-0.2, 0) is 11.5 Å². The maximum absolute atomic E-state index is 12.0. The molecule has 2 aromatic rings. The van der Waals surface area contributed by atoms with Gasteiger partial charge < -0.3 is 4.74 Å². The molecule has 1 heterocycles. The van der Waals surface area contributed by atoms with Gasteiger partial charge in [0.1, 0.15) is 11.6 Å². The zero-order valence-electron chi connectivity index (χ0n) is 9.03. The largest absolute Gasteiger partial charge is 0.497 e. The standard InChI is InChI=1S/C11H11IN2O2/c1-14-10(6-12)13-9-4-3-7(16-2)5-8(9)11(14)15/h3-5H,6H2,1-2H3. The number of aromatic nitrogens is 2. The third-order valence-electron chi connectivity index (χ3n) is 2.49. The molecule has 0 aliphatic heterocycles. The first-order valence-electron chi connectivity index (χ1n) is 4.77. The number of ether oxygens (including phenoxy) is 1. The van der Waals surface area contributed by atoms with Crippen LogP contribution < -0.4 is 10.3 Å². The fraction of sp³-hybridized carbons (Fsp3) is 0.273. The third kappa shape index (κ3) is 1.79. The predicted octanol–water partition coefficient (Wildman–Crippen LogP) is 1.88. The second kappa shape index (κ2) is 4.40. The van der Waals surface area contributed by atoms with Gasteiger partial charge in [-0.2, -0.15) is 0 Å². The number of methoxy groups -OCH3 is 1. The molecule has 0 atom stereocenters. The molecule has 4 nitrogen and oxygen atoms in total. The lowest BCUT2D eigenvalue weighted by Crippen LogP contribution is -2.21. The van der Waals surface area contributed by atoms with Crippen LogP contribution in [0.2, 0.25) is 0 Å². The molecule has 0 aliphatic carbocycles. The van der Waals surface area contributed by atoms with E-state index in [0.29, 0.717) is 15.6 Å². The predicted molar refractivity (Wildman–Crippen MR) is 71.3 cm³/mol. The zero-order valence-corrected chi connectivity index (χ0v) is 11.2. The van der Waals surface area contributed by atoms with Gasteiger partial charge in [0.15, 0.2) is 0 Å². The molecule has 0 fully saturated rings. The van der Waals surface area contributed by atoms with E-state index in [1.54, 1.807) is 24.8 Å². The summed E-state index contributed by atoms with van der Waals surface area (Å²) in [4.78, 5) is 16.5. The SMILES string of the molecule is COc1ccc2nc(CI)n(C)c(=O)c2c1. The normalized spacial score (nSPS) is 10.7. The summed E-state index contributed by atoms with van der Waals surface area (Å²) in [5.41, 5.74) is 0.686. The Morgan fingerprint density at radius 1 is 1.50 bits per heavy atom. The molecule has 0 spiro atoms. The van der Waals surface area contributed by atoms with Gasteiger partial charge >= 0.3 is 0 Å². The molecule has 0 aliphatic rings. The Labute approximate surface area is 106 Å². The highest BCUT2D eigenvalue weighted by molar-refractivity contribution is 14.1. The highest BCUT2D eigenvalue weighted by atomic mass is 127. The number of nitrogens with zero attached hydrogens (tertiary/aromatic N) is 2. The quantitative estimate of drug-likeness (QED) is 0.624. The van der Waals surface area contributed by atoms with Crippen molar-refractivity contribution in [1.29, 1.82) is 0 Å². The fourth-order valence-corrected chi connectivity index (χ4v) is 2.22. The second-order valence-corrected chi connectivity index (χ2v) is 4.17. The lowest BCUT2D eigenvalue weighted by molar-refractivity contribution is 0.415. The van der Waals surface area contributed by atoms with E-state index in [4.69, 9.17) is 4.74 Å². The van der Waals surface area contributed by atoms with Crippen LogP contribution in [0.3, 0.4) is 0 Å². The van der Waals surface area contributed by atoms with Crippen LogP contribution in [0.15, 0.2) is 23.0 Å². The molecule has 1 aromatic heterocycles. The molecule has 0 radical (unpaired) electrons. The Bertz CT molecular complexity index is 592. The molecule has 5 heteroatoms. The molecule has 2 rings (SSSR count).